The molecule has 0 saturated carbocycles. The van der Waals surface area contributed by atoms with Crippen LogP contribution in [0.2, 0.25) is 0 Å². The normalized spacial score (nSPS) is 19.6. The Hall–Kier alpha value is -1.61. The van der Waals surface area contributed by atoms with Gasteiger partial charge in [-0.2, -0.15) is 0 Å². The molecule has 0 aliphatic heterocycles. The molecular formula is C16H20O3. The molecule has 2 aliphatic rings. The van der Waals surface area contributed by atoms with Crippen LogP contribution in [0.3, 0.4) is 0 Å². The van der Waals surface area contributed by atoms with Gasteiger partial charge in [0.25, 0.3) is 0 Å². The van der Waals surface area contributed by atoms with Crippen LogP contribution >= 0.6 is 0 Å². The summed E-state index contributed by atoms with van der Waals surface area (Å²) in [7, 11) is 1.63. The van der Waals surface area contributed by atoms with E-state index in [1.807, 2.05) is 24.3 Å². The van der Waals surface area contributed by atoms with Crippen LogP contribution < -0.4 is 0 Å². The fourth-order valence-corrected chi connectivity index (χ4v) is 2.24. The Balaban J connectivity index is 2.01. The highest BCUT2D eigenvalue weighted by Gasteiger charge is 2.21. The third-order valence-electron chi connectivity index (χ3n) is 3.30. The van der Waals surface area contributed by atoms with Crippen molar-refractivity contribution in [1.29, 1.82) is 0 Å². The molecule has 0 radical (unpaired) electrons. The van der Waals surface area contributed by atoms with Crippen molar-refractivity contribution in [2.75, 3.05) is 13.7 Å². The van der Waals surface area contributed by atoms with Crippen molar-refractivity contribution in [3.8, 4) is 0 Å². The molecule has 1 atom stereocenters. The molecule has 0 bridgehead atoms. The molecule has 0 saturated heterocycles. The van der Waals surface area contributed by atoms with Crippen LogP contribution in [0.1, 0.15) is 25.7 Å². The van der Waals surface area contributed by atoms with Crippen LogP contribution in [-0.2, 0) is 14.3 Å². The van der Waals surface area contributed by atoms with E-state index in [9.17, 15) is 4.79 Å². The van der Waals surface area contributed by atoms with Gasteiger partial charge in [0.2, 0.25) is 0 Å². The highest BCUT2D eigenvalue weighted by atomic mass is 16.6. The zero-order valence-electron chi connectivity index (χ0n) is 11.3. The lowest BCUT2D eigenvalue weighted by Gasteiger charge is -2.22. The minimum Gasteiger partial charge on any atom is -0.452 e. The maximum Gasteiger partial charge on any atom is 0.334 e. The number of hydrogen-bond acceptors (Lipinski definition) is 3. The number of esters is 1. The van der Waals surface area contributed by atoms with Crippen molar-refractivity contribution in [2.24, 2.45) is 0 Å². The lowest BCUT2D eigenvalue weighted by Crippen LogP contribution is -2.26. The standard InChI is InChI=1S/C16H20O3/c1-18-12-15(13-8-4-2-5-9-13)19-16(17)14-10-6-3-7-11-14/h2-4,6,8,10,15H,5,7,9,11-12H2,1H3. The smallest absolute Gasteiger partial charge is 0.334 e. The number of carbonyl (C=O) groups is 1. The largest absolute Gasteiger partial charge is 0.452 e. The fourth-order valence-electron chi connectivity index (χ4n) is 2.24. The number of rotatable bonds is 5. The first-order chi connectivity index (χ1) is 9.31. The predicted molar refractivity (Wildman–Crippen MR) is 74.7 cm³/mol. The van der Waals surface area contributed by atoms with E-state index in [4.69, 9.17) is 9.47 Å². The van der Waals surface area contributed by atoms with Crippen molar-refractivity contribution in [2.45, 2.75) is 31.8 Å². The first-order valence-corrected chi connectivity index (χ1v) is 6.72. The minimum absolute atomic E-state index is 0.221. The van der Waals surface area contributed by atoms with E-state index in [0.29, 0.717) is 6.61 Å². The lowest BCUT2D eigenvalue weighted by molar-refractivity contribution is -0.145. The summed E-state index contributed by atoms with van der Waals surface area (Å²) in [5, 5.41) is 0. The van der Waals surface area contributed by atoms with E-state index >= 15 is 0 Å². The summed E-state index contributed by atoms with van der Waals surface area (Å²) in [5.41, 5.74) is 1.88. The molecule has 0 N–H and O–H groups in total. The average Bonchev–Trinajstić information content (AvgIpc) is 2.48. The van der Waals surface area contributed by atoms with Crippen molar-refractivity contribution >= 4 is 5.97 Å². The van der Waals surface area contributed by atoms with Gasteiger partial charge in [0.05, 0.1) is 6.61 Å². The van der Waals surface area contributed by atoms with Gasteiger partial charge in [0.1, 0.15) is 6.10 Å². The minimum atomic E-state index is -0.269. The molecule has 0 aromatic carbocycles. The molecule has 3 heteroatoms. The molecule has 2 aliphatic carbocycles. The molecule has 2 rings (SSSR count). The summed E-state index contributed by atoms with van der Waals surface area (Å²) >= 11 is 0. The lowest BCUT2D eigenvalue weighted by atomic mass is 10.00. The molecular weight excluding hydrogens is 240 g/mol. The third kappa shape index (κ3) is 3.93. The van der Waals surface area contributed by atoms with E-state index in [1.165, 1.54) is 0 Å². The molecule has 0 heterocycles. The average molecular weight is 260 g/mol. The van der Waals surface area contributed by atoms with E-state index in [0.717, 1.165) is 36.8 Å². The SMILES string of the molecule is COCC(OC(=O)C1=CC=CCC1)C1=CC=CCC1. The summed E-state index contributed by atoms with van der Waals surface area (Å²) in [5.74, 6) is -0.221. The summed E-state index contributed by atoms with van der Waals surface area (Å²) in [6.45, 7) is 0.411. The van der Waals surface area contributed by atoms with Crippen LogP contribution in [0.15, 0.2) is 47.6 Å². The number of carbonyl (C=O) groups excluding carboxylic acids is 1. The Morgan fingerprint density at radius 1 is 1.21 bits per heavy atom. The third-order valence-corrected chi connectivity index (χ3v) is 3.30. The number of ether oxygens (including phenoxy) is 2. The van der Waals surface area contributed by atoms with Gasteiger partial charge in [0, 0.05) is 12.7 Å². The Labute approximate surface area is 114 Å². The van der Waals surface area contributed by atoms with Crippen LogP contribution in [0.5, 0.6) is 0 Å². The molecule has 19 heavy (non-hydrogen) atoms. The maximum absolute atomic E-state index is 12.1. The predicted octanol–water partition coefficient (Wildman–Crippen LogP) is 3.10. The van der Waals surface area contributed by atoms with Gasteiger partial charge < -0.3 is 9.47 Å². The Bertz CT molecular complexity index is 441. The zero-order valence-corrected chi connectivity index (χ0v) is 11.3. The number of allylic oxidation sites excluding steroid dienone is 6. The summed E-state index contributed by atoms with van der Waals surface area (Å²) in [4.78, 5) is 12.1. The van der Waals surface area contributed by atoms with Gasteiger partial charge in [-0.25, -0.2) is 4.79 Å². The van der Waals surface area contributed by atoms with E-state index in [1.54, 1.807) is 7.11 Å². The van der Waals surface area contributed by atoms with Crippen molar-refractivity contribution in [3.63, 3.8) is 0 Å². The maximum atomic E-state index is 12.1. The van der Waals surface area contributed by atoms with Crippen molar-refractivity contribution < 1.29 is 14.3 Å². The first kappa shape index (κ1) is 13.8. The second kappa shape index (κ2) is 7.10. The fraction of sp³-hybridized carbons (Fsp3) is 0.438. The molecule has 0 fully saturated rings. The zero-order chi connectivity index (χ0) is 13.5. The van der Waals surface area contributed by atoms with Crippen LogP contribution in [-0.4, -0.2) is 25.8 Å². The highest BCUT2D eigenvalue weighted by Crippen LogP contribution is 2.21. The monoisotopic (exact) mass is 260 g/mol. The highest BCUT2D eigenvalue weighted by molar-refractivity contribution is 5.89. The second-order valence-electron chi connectivity index (χ2n) is 4.72. The molecule has 0 amide bonds. The van der Waals surface area contributed by atoms with Crippen LogP contribution in [0, 0.1) is 0 Å². The Kier molecular flexibility index (Phi) is 5.16. The van der Waals surface area contributed by atoms with Crippen molar-refractivity contribution in [3.05, 3.63) is 47.6 Å². The summed E-state index contributed by atoms with van der Waals surface area (Å²) in [6.07, 6.45) is 15.3. The molecule has 0 aromatic heterocycles. The van der Waals surface area contributed by atoms with Crippen LogP contribution in [0.4, 0.5) is 0 Å². The van der Waals surface area contributed by atoms with E-state index in [2.05, 4.69) is 12.2 Å². The summed E-state index contributed by atoms with van der Waals surface area (Å²) in [6, 6.07) is 0. The molecule has 3 nitrogen and oxygen atoms in total. The van der Waals surface area contributed by atoms with Crippen molar-refractivity contribution in [1.82, 2.24) is 0 Å². The van der Waals surface area contributed by atoms with Crippen LogP contribution in [0.25, 0.3) is 0 Å². The summed E-state index contributed by atoms with van der Waals surface area (Å²) < 4.78 is 10.8. The van der Waals surface area contributed by atoms with Gasteiger partial charge in [0.15, 0.2) is 0 Å². The topological polar surface area (TPSA) is 35.5 Å². The van der Waals surface area contributed by atoms with Gasteiger partial charge in [-0.1, -0.05) is 36.5 Å². The second-order valence-corrected chi connectivity index (χ2v) is 4.72. The number of hydrogen-bond donors (Lipinski definition) is 0. The van der Waals surface area contributed by atoms with Gasteiger partial charge in [-0.05, 0) is 31.3 Å². The van der Waals surface area contributed by atoms with Gasteiger partial charge in [-0.15, -0.1) is 0 Å². The Morgan fingerprint density at radius 2 is 1.95 bits per heavy atom. The first-order valence-electron chi connectivity index (χ1n) is 6.72. The van der Waals surface area contributed by atoms with Gasteiger partial charge >= 0.3 is 5.97 Å². The van der Waals surface area contributed by atoms with E-state index in [-0.39, 0.29) is 12.1 Å². The molecule has 1 unspecified atom stereocenters. The van der Waals surface area contributed by atoms with Gasteiger partial charge in [-0.3, -0.25) is 0 Å². The Morgan fingerprint density at radius 3 is 2.53 bits per heavy atom. The molecule has 102 valence electrons. The molecule has 0 aromatic rings. The quantitative estimate of drug-likeness (QED) is 0.713. The molecule has 0 spiro atoms. The number of methoxy groups -OCH3 is 1. The van der Waals surface area contributed by atoms with E-state index < -0.39 is 0 Å².